The van der Waals surface area contributed by atoms with Gasteiger partial charge in [-0.15, -0.1) is 0 Å². The highest BCUT2D eigenvalue weighted by atomic mass is 35.5. The molecule has 1 saturated heterocycles. The molecule has 0 spiro atoms. The van der Waals surface area contributed by atoms with Crippen molar-refractivity contribution in [2.75, 3.05) is 6.54 Å². The predicted molar refractivity (Wildman–Crippen MR) is 75.9 cm³/mol. The molecule has 1 amide bonds. The van der Waals surface area contributed by atoms with E-state index in [0.717, 1.165) is 23.4 Å². The van der Waals surface area contributed by atoms with Crippen LogP contribution in [0, 0.1) is 0 Å². The Hall–Kier alpha value is -1.06. The topological polar surface area (TPSA) is 32.3 Å². The number of halogens is 1. The molecule has 1 aliphatic heterocycles. The summed E-state index contributed by atoms with van der Waals surface area (Å²) in [7, 11) is 0. The van der Waals surface area contributed by atoms with Crippen LogP contribution in [0.1, 0.15) is 43.8 Å². The van der Waals surface area contributed by atoms with Gasteiger partial charge in [0.15, 0.2) is 0 Å². The summed E-state index contributed by atoms with van der Waals surface area (Å²) in [5.41, 5.74) is 1.09. The predicted octanol–water partition coefficient (Wildman–Crippen LogP) is 3.10. The molecule has 1 N–H and O–H groups in total. The van der Waals surface area contributed by atoms with Crippen molar-refractivity contribution in [3.05, 3.63) is 34.9 Å². The van der Waals surface area contributed by atoms with Gasteiger partial charge in [0, 0.05) is 11.1 Å². The number of carbonyl (C=O) groups excluding carboxylic acids is 1. The van der Waals surface area contributed by atoms with Crippen LogP contribution in [-0.4, -0.2) is 23.4 Å². The number of amides is 1. The molecule has 0 bridgehead atoms. The fourth-order valence-electron chi connectivity index (χ4n) is 3.25. The molecule has 1 aliphatic carbocycles. The Kier molecular flexibility index (Phi) is 3.76. The van der Waals surface area contributed by atoms with Gasteiger partial charge in [0.1, 0.15) is 6.17 Å². The monoisotopic (exact) mass is 278 g/mol. The third kappa shape index (κ3) is 2.63. The van der Waals surface area contributed by atoms with E-state index >= 15 is 0 Å². The fraction of sp³-hybridized carbons (Fsp3) is 0.533. The smallest absolute Gasteiger partial charge is 0.238 e. The Bertz CT molecular complexity index is 471. The standard InChI is InChI=1S/C15H19ClN2O/c16-12-6-4-5-11(9-12)15-17-10-14(19)18(15)13-7-2-1-3-8-13/h4-6,9,13,15,17H,1-3,7-8,10H2. The van der Waals surface area contributed by atoms with E-state index in [2.05, 4.69) is 5.32 Å². The van der Waals surface area contributed by atoms with Gasteiger partial charge in [0.2, 0.25) is 5.91 Å². The van der Waals surface area contributed by atoms with Crippen molar-refractivity contribution >= 4 is 17.5 Å². The molecule has 2 fully saturated rings. The van der Waals surface area contributed by atoms with E-state index < -0.39 is 0 Å². The van der Waals surface area contributed by atoms with Gasteiger partial charge in [0.05, 0.1) is 6.54 Å². The first-order valence-electron chi connectivity index (χ1n) is 7.06. The van der Waals surface area contributed by atoms with Gasteiger partial charge in [0.25, 0.3) is 0 Å². The minimum Gasteiger partial charge on any atom is -0.319 e. The zero-order valence-corrected chi connectivity index (χ0v) is 11.7. The molecule has 4 heteroatoms. The minimum absolute atomic E-state index is 0.00528. The lowest BCUT2D eigenvalue weighted by atomic mass is 9.93. The molecule has 1 unspecified atom stereocenters. The first-order chi connectivity index (χ1) is 9.25. The van der Waals surface area contributed by atoms with E-state index in [4.69, 9.17) is 11.6 Å². The lowest BCUT2D eigenvalue weighted by Gasteiger charge is -2.35. The summed E-state index contributed by atoms with van der Waals surface area (Å²) in [5, 5.41) is 4.04. The fourth-order valence-corrected chi connectivity index (χ4v) is 3.45. The van der Waals surface area contributed by atoms with Crippen molar-refractivity contribution in [2.24, 2.45) is 0 Å². The molecular formula is C15H19ClN2O. The Labute approximate surface area is 118 Å². The quantitative estimate of drug-likeness (QED) is 0.902. The van der Waals surface area contributed by atoms with Gasteiger partial charge >= 0.3 is 0 Å². The van der Waals surface area contributed by atoms with Crippen LogP contribution in [0.3, 0.4) is 0 Å². The van der Waals surface area contributed by atoms with Crippen LogP contribution in [0.15, 0.2) is 24.3 Å². The molecule has 3 rings (SSSR count). The van der Waals surface area contributed by atoms with Crippen LogP contribution >= 0.6 is 11.6 Å². The molecule has 0 radical (unpaired) electrons. The largest absolute Gasteiger partial charge is 0.319 e. The second-order valence-electron chi connectivity index (χ2n) is 5.43. The van der Waals surface area contributed by atoms with Crippen LogP contribution in [0.5, 0.6) is 0 Å². The molecule has 1 atom stereocenters. The zero-order valence-electron chi connectivity index (χ0n) is 10.9. The van der Waals surface area contributed by atoms with Gasteiger partial charge < -0.3 is 4.90 Å². The number of benzene rings is 1. The van der Waals surface area contributed by atoms with Crippen molar-refractivity contribution < 1.29 is 4.79 Å². The van der Waals surface area contributed by atoms with E-state index in [1.165, 1.54) is 19.3 Å². The summed E-state index contributed by atoms with van der Waals surface area (Å²) in [6, 6.07) is 8.19. The van der Waals surface area contributed by atoms with E-state index in [1.54, 1.807) is 0 Å². The maximum absolute atomic E-state index is 12.2. The summed E-state index contributed by atoms with van der Waals surface area (Å²) in [4.78, 5) is 14.2. The maximum atomic E-state index is 12.2. The van der Waals surface area contributed by atoms with Gasteiger partial charge in [-0.05, 0) is 30.5 Å². The molecule has 1 heterocycles. The number of nitrogens with one attached hydrogen (secondary N) is 1. The van der Waals surface area contributed by atoms with E-state index in [0.29, 0.717) is 12.6 Å². The number of nitrogens with zero attached hydrogens (tertiary/aromatic N) is 1. The van der Waals surface area contributed by atoms with Crippen LogP contribution in [0.4, 0.5) is 0 Å². The molecular weight excluding hydrogens is 260 g/mol. The van der Waals surface area contributed by atoms with Crippen LogP contribution in [-0.2, 0) is 4.79 Å². The number of carbonyl (C=O) groups is 1. The van der Waals surface area contributed by atoms with Crippen LogP contribution in [0.25, 0.3) is 0 Å². The third-order valence-electron chi connectivity index (χ3n) is 4.15. The van der Waals surface area contributed by atoms with E-state index in [-0.39, 0.29) is 12.1 Å². The Morgan fingerprint density at radius 2 is 2.00 bits per heavy atom. The second-order valence-corrected chi connectivity index (χ2v) is 5.87. The summed E-state index contributed by atoms with van der Waals surface area (Å²) in [6.45, 7) is 0.438. The first kappa shape index (κ1) is 12.9. The zero-order chi connectivity index (χ0) is 13.2. The molecule has 102 valence electrons. The van der Waals surface area contributed by atoms with Crippen molar-refractivity contribution in [2.45, 2.75) is 44.3 Å². The van der Waals surface area contributed by atoms with Crippen molar-refractivity contribution in [1.82, 2.24) is 10.2 Å². The molecule has 19 heavy (non-hydrogen) atoms. The molecule has 1 aromatic carbocycles. The molecule has 2 aliphatic rings. The molecule has 0 aromatic heterocycles. The molecule has 1 aromatic rings. The first-order valence-corrected chi connectivity index (χ1v) is 7.43. The highest BCUT2D eigenvalue weighted by Gasteiger charge is 2.37. The Morgan fingerprint density at radius 3 is 2.74 bits per heavy atom. The third-order valence-corrected chi connectivity index (χ3v) is 4.38. The highest BCUT2D eigenvalue weighted by Crippen LogP contribution is 2.32. The van der Waals surface area contributed by atoms with Gasteiger partial charge in [-0.2, -0.15) is 0 Å². The van der Waals surface area contributed by atoms with Gasteiger partial charge in [-0.3, -0.25) is 10.1 Å². The van der Waals surface area contributed by atoms with Gasteiger partial charge in [-0.1, -0.05) is 43.0 Å². The van der Waals surface area contributed by atoms with Crippen molar-refractivity contribution in [1.29, 1.82) is 0 Å². The summed E-state index contributed by atoms with van der Waals surface area (Å²) in [6.07, 6.45) is 6.02. The average Bonchev–Trinajstić information content (AvgIpc) is 2.82. The lowest BCUT2D eigenvalue weighted by molar-refractivity contribution is -0.131. The Morgan fingerprint density at radius 1 is 1.21 bits per heavy atom. The highest BCUT2D eigenvalue weighted by molar-refractivity contribution is 6.30. The average molecular weight is 279 g/mol. The summed E-state index contributed by atoms with van der Waals surface area (Å²) < 4.78 is 0. The number of hydrogen-bond donors (Lipinski definition) is 1. The SMILES string of the molecule is O=C1CNC(c2cccc(Cl)c2)N1C1CCCCC1. The number of hydrogen-bond acceptors (Lipinski definition) is 2. The van der Waals surface area contributed by atoms with Gasteiger partial charge in [-0.25, -0.2) is 0 Å². The summed E-state index contributed by atoms with van der Waals surface area (Å²) >= 11 is 6.06. The van der Waals surface area contributed by atoms with Crippen LogP contribution in [0.2, 0.25) is 5.02 Å². The minimum atomic E-state index is -0.00528. The van der Waals surface area contributed by atoms with Crippen molar-refractivity contribution in [3.8, 4) is 0 Å². The lowest BCUT2D eigenvalue weighted by Crippen LogP contribution is -2.40. The van der Waals surface area contributed by atoms with E-state index in [1.807, 2.05) is 29.2 Å². The van der Waals surface area contributed by atoms with Crippen molar-refractivity contribution in [3.63, 3.8) is 0 Å². The van der Waals surface area contributed by atoms with E-state index in [9.17, 15) is 4.79 Å². The molecule has 1 saturated carbocycles. The Balaban J connectivity index is 1.85. The normalized spacial score (nSPS) is 25.0. The maximum Gasteiger partial charge on any atom is 0.238 e. The number of rotatable bonds is 2. The summed E-state index contributed by atoms with van der Waals surface area (Å²) in [5.74, 6) is 0.219. The molecule has 3 nitrogen and oxygen atoms in total. The second kappa shape index (κ2) is 5.51. The van der Waals surface area contributed by atoms with Crippen LogP contribution < -0.4 is 5.32 Å².